The average Bonchev–Trinajstić information content (AvgIpc) is 2.80. The summed E-state index contributed by atoms with van der Waals surface area (Å²) in [5.74, 6) is -1.20. The lowest BCUT2D eigenvalue weighted by Gasteiger charge is -2.23. The SMILES string of the molecule is C=C[C@H](O)[C@@H](C)C(=O)N1C(=O)O[C@@H](c2ccccc2)[C@H]1C. The number of ether oxygens (including phenoxy) is 1. The minimum Gasteiger partial charge on any atom is -0.439 e. The Morgan fingerprint density at radius 3 is 2.62 bits per heavy atom. The molecule has 112 valence electrons. The quantitative estimate of drug-likeness (QED) is 0.864. The molecular weight excluding hydrogens is 270 g/mol. The van der Waals surface area contributed by atoms with Crippen molar-refractivity contribution in [3.8, 4) is 0 Å². The van der Waals surface area contributed by atoms with E-state index in [1.54, 1.807) is 13.8 Å². The molecule has 5 heteroatoms. The molecule has 21 heavy (non-hydrogen) atoms. The van der Waals surface area contributed by atoms with Gasteiger partial charge in [0.05, 0.1) is 18.1 Å². The summed E-state index contributed by atoms with van der Waals surface area (Å²) in [6, 6.07) is 8.85. The maximum atomic E-state index is 12.4. The predicted octanol–water partition coefficient (Wildman–Crippen LogP) is 2.28. The normalized spacial score (nSPS) is 24.3. The van der Waals surface area contributed by atoms with Gasteiger partial charge in [0.15, 0.2) is 0 Å². The Balaban J connectivity index is 2.21. The maximum absolute atomic E-state index is 12.4. The number of hydrogen-bond donors (Lipinski definition) is 1. The van der Waals surface area contributed by atoms with E-state index in [2.05, 4.69) is 6.58 Å². The summed E-state index contributed by atoms with van der Waals surface area (Å²) in [5.41, 5.74) is 0.838. The first-order chi connectivity index (χ1) is 9.97. The van der Waals surface area contributed by atoms with Gasteiger partial charge in [-0.2, -0.15) is 0 Å². The third-order valence-corrected chi connectivity index (χ3v) is 3.78. The van der Waals surface area contributed by atoms with Crippen LogP contribution in [0.2, 0.25) is 0 Å². The molecule has 1 aliphatic heterocycles. The average molecular weight is 289 g/mol. The van der Waals surface area contributed by atoms with Crippen LogP contribution >= 0.6 is 0 Å². The number of cyclic esters (lactones) is 1. The Labute approximate surface area is 123 Å². The van der Waals surface area contributed by atoms with Gasteiger partial charge in [-0.3, -0.25) is 4.79 Å². The lowest BCUT2D eigenvalue weighted by atomic mass is 10.00. The molecule has 1 aliphatic rings. The zero-order valence-corrected chi connectivity index (χ0v) is 12.1. The molecule has 2 amide bonds. The molecule has 1 aromatic carbocycles. The summed E-state index contributed by atoms with van der Waals surface area (Å²) in [6.07, 6.45) is -0.878. The topological polar surface area (TPSA) is 66.8 Å². The van der Waals surface area contributed by atoms with Gasteiger partial charge in [0.25, 0.3) is 0 Å². The minimum atomic E-state index is -0.992. The van der Waals surface area contributed by atoms with Crippen LogP contribution in [0.25, 0.3) is 0 Å². The molecule has 1 saturated heterocycles. The molecule has 4 atom stereocenters. The van der Waals surface area contributed by atoms with Crippen molar-refractivity contribution in [2.45, 2.75) is 32.1 Å². The lowest BCUT2D eigenvalue weighted by molar-refractivity contribution is -0.135. The molecule has 1 aromatic rings. The second-order valence-corrected chi connectivity index (χ2v) is 5.18. The fraction of sp³-hybridized carbons (Fsp3) is 0.375. The zero-order chi connectivity index (χ0) is 15.6. The maximum Gasteiger partial charge on any atom is 0.417 e. The number of benzene rings is 1. The molecule has 5 nitrogen and oxygen atoms in total. The van der Waals surface area contributed by atoms with E-state index in [0.29, 0.717) is 0 Å². The molecule has 1 N–H and O–H groups in total. The van der Waals surface area contributed by atoms with Crippen molar-refractivity contribution in [3.05, 3.63) is 48.6 Å². The molecular formula is C16H19NO4. The summed E-state index contributed by atoms with van der Waals surface area (Å²) >= 11 is 0. The second kappa shape index (κ2) is 6.10. The van der Waals surface area contributed by atoms with Crippen LogP contribution in [0, 0.1) is 5.92 Å². The van der Waals surface area contributed by atoms with Crippen LogP contribution in [0.4, 0.5) is 4.79 Å². The first-order valence-corrected chi connectivity index (χ1v) is 6.86. The first-order valence-electron chi connectivity index (χ1n) is 6.86. The van der Waals surface area contributed by atoms with Crippen LogP contribution in [-0.2, 0) is 9.53 Å². The third kappa shape index (κ3) is 2.83. The zero-order valence-electron chi connectivity index (χ0n) is 12.1. The van der Waals surface area contributed by atoms with Crippen molar-refractivity contribution >= 4 is 12.0 Å². The van der Waals surface area contributed by atoms with E-state index in [4.69, 9.17) is 4.74 Å². The summed E-state index contributed by atoms with van der Waals surface area (Å²) in [6.45, 7) is 6.77. The number of amides is 2. The minimum absolute atomic E-state index is 0.424. The fourth-order valence-corrected chi connectivity index (χ4v) is 2.42. The van der Waals surface area contributed by atoms with Gasteiger partial charge in [0, 0.05) is 0 Å². The van der Waals surface area contributed by atoms with Gasteiger partial charge in [-0.05, 0) is 12.5 Å². The Kier molecular flexibility index (Phi) is 4.43. The highest BCUT2D eigenvalue weighted by Gasteiger charge is 2.45. The van der Waals surface area contributed by atoms with Crippen LogP contribution in [0.5, 0.6) is 0 Å². The number of nitrogens with zero attached hydrogens (tertiary/aromatic N) is 1. The third-order valence-electron chi connectivity index (χ3n) is 3.78. The largest absolute Gasteiger partial charge is 0.439 e. The van der Waals surface area contributed by atoms with E-state index in [1.165, 1.54) is 6.08 Å². The van der Waals surface area contributed by atoms with Crippen LogP contribution < -0.4 is 0 Å². The van der Waals surface area contributed by atoms with Crippen molar-refractivity contribution in [1.82, 2.24) is 4.90 Å². The van der Waals surface area contributed by atoms with E-state index >= 15 is 0 Å². The van der Waals surface area contributed by atoms with Gasteiger partial charge in [0.2, 0.25) is 5.91 Å². The summed E-state index contributed by atoms with van der Waals surface area (Å²) in [4.78, 5) is 25.4. The molecule has 1 fully saturated rings. The van der Waals surface area contributed by atoms with E-state index in [-0.39, 0.29) is 0 Å². The van der Waals surface area contributed by atoms with Gasteiger partial charge in [-0.1, -0.05) is 43.3 Å². The number of imide groups is 1. The lowest BCUT2D eigenvalue weighted by Crippen LogP contribution is -2.43. The Morgan fingerprint density at radius 2 is 2.05 bits per heavy atom. The van der Waals surface area contributed by atoms with Gasteiger partial charge in [-0.25, -0.2) is 9.69 Å². The van der Waals surface area contributed by atoms with Crippen LogP contribution in [0.1, 0.15) is 25.5 Å². The number of carbonyl (C=O) groups is 2. The monoisotopic (exact) mass is 289 g/mol. The number of aliphatic hydroxyl groups excluding tert-OH is 1. The molecule has 1 heterocycles. The van der Waals surface area contributed by atoms with Crippen LogP contribution in [0.3, 0.4) is 0 Å². The highest BCUT2D eigenvalue weighted by Crippen LogP contribution is 2.33. The molecule has 0 aromatic heterocycles. The summed E-state index contributed by atoms with van der Waals surface area (Å²) < 4.78 is 5.32. The Morgan fingerprint density at radius 1 is 1.43 bits per heavy atom. The van der Waals surface area contributed by atoms with Crippen molar-refractivity contribution in [2.24, 2.45) is 5.92 Å². The van der Waals surface area contributed by atoms with E-state index in [0.717, 1.165) is 10.5 Å². The van der Waals surface area contributed by atoms with Crippen molar-refractivity contribution in [2.75, 3.05) is 0 Å². The highest BCUT2D eigenvalue weighted by atomic mass is 16.6. The number of aliphatic hydroxyl groups is 1. The molecule has 2 rings (SSSR count). The van der Waals surface area contributed by atoms with Gasteiger partial charge in [0.1, 0.15) is 6.10 Å². The van der Waals surface area contributed by atoms with E-state index < -0.39 is 36.2 Å². The Hall–Kier alpha value is -2.14. The smallest absolute Gasteiger partial charge is 0.417 e. The summed E-state index contributed by atoms with van der Waals surface area (Å²) in [7, 11) is 0. The standard InChI is InChI=1S/C16H19NO4/c1-4-13(18)10(2)15(19)17-11(3)14(21-16(17)20)12-8-6-5-7-9-12/h4-11,13-14,18H,1H2,2-3H3/t10-,11-,13+,14-/m1/s1. The van der Waals surface area contributed by atoms with Crippen LogP contribution in [0.15, 0.2) is 43.0 Å². The fourth-order valence-electron chi connectivity index (χ4n) is 2.42. The van der Waals surface area contributed by atoms with E-state index in [1.807, 2.05) is 30.3 Å². The second-order valence-electron chi connectivity index (χ2n) is 5.18. The highest BCUT2D eigenvalue weighted by molar-refractivity contribution is 5.95. The van der Waals surface area contributed by atoms with Gasteiger partial charge in [-0.15, -0.1) is 6.58 Å². The number of carbonyl (C=O) groups excluding carboxylic acids is 2. The number of hydrogen-bond acceptors (Lipinski definition) is 4. The molecule has 0 bridgehead atoms. The van der Waals surface area contributed by atoms with E-state index in [9.17, 15) is 14.7 Å². The number of rotatable bonds is 4. The van der Waals surface area contributed by atoms with Gasteiger partial charge < -0.3 is 9.84 Å². The predicted molar refractivity (Wildman–Crippen MR) is 77.3 cm³/mol. The van der Waals surface area contributed by atoms with Crippen LogP contribution in [-0.4, -0.2) is 34.2 Å². The molecule has 0 unspecified atom stereocenters. The summed E-state index contributed by atoms with van der Waals surface area (Å²) in [5, 5.41) is 9.69. The van der Waals surface area contributed by atoms with Crippen molar-refractivity contribution < 1.29 is 19.4 Å². The van der Waals surface area contributed by atoms with Gasteiger partial charge >= 0.3 is 6.09 Å². The van der Waals surface area contributed by atoms with Crippen molar-refractivity contribution in [3.63, 3.8) is 0 Å². The first kappa shape index (κ1) is 15.3. The molecule has 0 radical (unpaired) electrons. The molecule has 0 saturated carbocycles. The molecule has 0 spiro atoms. The molecule has 0 aliphatic carbocycles. The van der Waals surface area contributed by atoms with Crippen molar-refractivity contribution in [1.29, 1.82) is 0 Å². The Bertz CT molecular complexity index is 542.